The highest BCUT2D eigenvalue weighted by Gasteiger charge is 2.30. The van der Waals surface area contributed by atoms with E-state index in [0.29, 0.717) is 11.1 Å². The molecule has 0 aliphatic carbocycles. The predicted octanol–water partition coefficient (Wildman–Crippen LogP) is 3.91. The van der Waals surface area contributed by atoms with E-state index in [0.717, 1.165) is 18.2 Å². The van der Waals surface area contributed by atoms with Gasteiger partial charge in [0, 0.05) is 12.1 Å². The van der Waals surface area contributed by atoms with Crippen molar-refractivity contribution in [3.05, 3.63) is 63.7 Å². The average molecular weight is 325 g/mol. The van der Waals surface area contributed by atoms with Crippen molar-refractivity contribution in [2.24, 2.45) is 0 Å². The Balaban J connectivity index is 2.49. The Hall–Kier alpha value is -2.90. The molecule has 0 fully saturated rings. The van der Waals surface area contributed by atoms with Gasteiger partial charge in [0.1, 0.15) is 0 Å². The van der Waals surface area contributed by atoms with E-state index >= 15 is 0 Å². The Morgan fingerprint density at radius 2 is 1.74 bits per heavy atom. The van der Waals surface area contributed by atoms with Crippen molar-refractivity contribution in [1.29, 1.82) is 0 Å². The first-order chi connectivity index (χ1) is 10.7. The molecule has 0 aliphatic rings. The second-order valence-corrected chi connectivity index (χ2v) is 4.74. The third kappa shape index (κ3) is 3.85. The number of rotatable bonds is 4. The molecule has 5 nitrogen and oxygen atoms in total. The van der Waals surface area contributed by atoms with Crippen LogP contribution >= 0.6 is 0 Å². The number of aliphatic carboxylic acids is 1. The number of non-ortho nitro benzene ring substituents is 1. The fourth-order valence-electron chi connectivity index (χ4n) is 2.12. The van der Waals surface area contributed by atoms with Crippen LogP contribution in [0.5, 0.6) is 0 Å². The molecule has 2 aromatic carbocycles. The molecule has 0 radical (unpaired) electrons. The highest BCUT2D eigenvalue weighted by atomic mass is 19.4. The molecule has 1 N–H and O–H groups in total. The van der Waals surface area contributed by atoms with Gasteiger partial charge in [0.25, 0.3) is 5.69 Å². The van der Waals surface area contributed by atoms with Crippen LogP contribution in [-0.4, -0.2) is 16.0 Å². The predicted molar refractivity (Wildman–Crippen MR) is 74.9 cm³/mol. The lowest BCUT2D eigenvalue weighted by atomic mass is 9.96. The van der Waals surface area contributed by atoms with E-state index in [1.54, 1.807) is 0 Å². The summed E-state index contributed by atoms with van der Waals surface area (Å²) in [7, 11) is 0. The molecule has 0 aromatic heterocycles. The van der Waals surface area contributed by atoms with Crippen molar-refractivity contribution >= 4 is 11.7 Å². The maximum absolute atomic E-state index is 12.6. The second-order valence-electron chi connectivity index (χ2n) is 4.74. The molecule has 8 heteroatoms. The van der Waals surface area contributed by atoms with Crippen LogP contribution in [0, 0.1) is 10.1 Å². The fourth-order valence-corrected chi connectivity index (χ4v) is 2.12. The van der Waals surface area contributed by atoms with Gasteiger partial charge in [0.2, 0.25) is 0 Å². The van der Waals surface area contributed by atoms with E-state index in [4.69, 9.17) is 5.11 Å². The minimum Gasteiger partial charge on any atom is -0.481 e. The monoisotopic (exact) mass is 325 g/mol. The van der Waals surface area contributed by atoms with Crippen molar-refractivity contribution in [2.45, 2.75) is 12.6 Å². The van der Waals surface area contributed by atoms with Gasteiger partial charge in [-0.2, -0.15) is 13.2 Å². The molecule has 0 saturated heterocycles. The Morgan fingerprint density at radius 1 is 1.13 bits per heavy atom. The molecule has 0 amide bonds. The van der Waals surface area contributed by atoms with Crippen molar-refractivity contribution < 1.29 is 28.0 Å². The van der Waals surface area contributed by atoms with Crippen molar-refractivity contribution in [1.82, 2.24) is 0 Å². The van der Waals surface area contributed by atoms with Gasteiger partial charge in [-0.15, -0.1) is 0 Å². The number of benzene rings is 2. The van der Waals surface area contributed by atoms with Crippen LogP contribution in [0.1, 0.15) is 11.1 Å². The topological polar surface area (TPSA) is 80.4 Å². The van der Waals surface area contributed by atoms with Gasteiger partial charge in [-0.25, -0.2) is 0 Å². The molecule has 0 unspecified atom stereocenters. The van der Waals surface area contributed by atoms with Crippen LogP contribution in [0.2, 0.25) is 0 Å². The summed E-state index contributed by atoms with van der Waals surface area (Å²) in [6, 6.07) is 7.78. The van der Waals surface area contributed by atoms with Crippen LogP contribution in [0.4, 0.5) is 18.9 Å². The summed E-state index contributed by atoms with van der Waals surface area (Å²) in [4.78, 5) is 21.0. The summed E-state index contributed by atoms with van der Waals surface area (Å²) in [5.41, 5.74) is -0.262. The Morgan fingerprint density at radius 3 is 2.22 bits per heavy atom. The quantitative estimate of drug-likeness (QED) is 0.683. The molecule has 2 rings (SSSR count). The summed E-state index contributed by atoms with van der Waals surface area (Å²) >= 11 is 0. The lowest BCUT2D eigenvalue weighted by molar-refractivity contribution is -0.384. The summed E-state index contributed by atoms with van der Waals surface area (Å²) < 4.78 is 37.7. The van der Waals surface area contributed by atoms with Gasteiger partial charge in [-0.05, 0) is 34.9 Å². The van der Waals surface area contributed by atoms with E-state index in [9.17, 15) is 28.1 Å². The first-order valence-electron chi connectivity index (χ1n) is 6.35. The summed E-state index contributed by atoms with van der Waals surface area (Å²) in [5.74, 6) is -1.20. The number of nitro groups is 1. The minimum atomic E-state index is -4.47. The number of nitro benzene ring substituents is 1. The first kappa shape index (κ1) is 16.5. The third-order valence-corrected chi connectivity index (χ3v) is 3.16. The highest BCUT2D eigenvalue weighted by molar-refractivity contribution is 5.77. The fraction of sp³-hybridized carbons (Fsp3) is 0.133. The van der Waals surface area contributed by atoms with Gasteiger partial charge in [0.05, 0.1) is 16.9 Å². The zero-order valence-electron chi connectivity index (χ0n) is 11.5. The van der Waals surface area contributed by atoms with Crippen LogP contribution in [0.25, 0.3) is 11.1 Å². The Labute approximate surface area is 128 Å². The van der Waals surface area contributed by atoms with Crippen molar-refractivity contribution in [3.63, 3.8) is 0 Å². The molecule has 23 heavy (non-hydrogen) atoms. The number of halogens is 3. The number of hydrogen-bond donors (Lipinski definition) is 1. The molecule has 0 spiro atoms. The molecular weight excluding hydrogens is 315 g/mol. The maximum atomic E-state index is 12.6. The van der Waals surface area contributed by atoms with E-state index < -0.39 is 29.1 Å². The molecular formula is C15H10F3NO4. The normalized spacial score (nSPS) is 11.3. The number of carboxylic acid groups (broad SMARTS) is 1. The van der Waals surface area contributed by atoms with E-state index in [2.05, 4.69) is 0 Å². The van der Waals surface area contributed by atoms with Crippen LogP contribution in [0.15, 0.2) is 42.5 Å². The molecule has 120 valence electrons. The van der Waals surface area contributed by atoms with Crippen LogP contribution < -0.4 is 0 Å². The van der Waals surface area contributed by atoms with E-state index in [1.165, 1.54) is 24.3 Å². The largest absolute Gasteiger partial charge is 0.481 e. The zero-order chi connectivity index (χ0) is 17.2. The summed E-state index contributed by atoms with van der Waals surface area (Å²) in [6.07, 6.45) is -4.95. The zero-order valence-corrected chi connectivity index (χ0v) is 11.5. The Bertz CT molecular complexity index is 754. The van der Waals surface area contributed by atoms with E-state index in [-0.39, 0.29) is 11.3 Å². The van der Waals surface area contributed by atoms with Gasteiger partial charge < -0.3 is 5.11 Å². The van der Waals surface area contributed by atoms with Gasteiger partial charge >= 0.3 is 12.1 Å². The Kier molecular flexibility index (Phi) is 4.35. The average Bonchev–Trinajstić information content (AvgIpc) is 2.45. The molecule has 0 saturated carbocycles. The first-order valence-corrected chi connectivity index (χ1v) is 6.35. The minimum absolute atomic E-state index is 0.159. The number of alkyl halides is 3. The number of carboxylic acids is 1. The van der Waals surface area contributed by atoms with Gasteiger partial charge in [-0.3, -0.25) is 14.9 Å². The lowest BCUT2D eigenvalue weighted by Gasteiger charge is -2.10. The van der Waals surface area contributed by atoms with Crippen LogP contribution in [-0.2, 0) is 17.4 Å². The van der Waals surface area contributed by atoms with Crippen molar-refractivity contribution in [3.8, 4) is 11.1 Å². The second kappa shape index (κ2) is 6.07. The smallest absolute Gasteiger partial charge is 0.416 e. The summed E-state index contributed by atoms with van der Waals surface area (Å²) in [6.45, 7) is 0. The molecule has 0 atom stereocenters. The standard InChI is InChI=1S/C15H10F3NO4/c16-15(17,18)11-3-1-9(2-4-11)13-6-5-12(19(22)23)7-10(13)8-14(20)21/h1-7H,8H2,(H,20,21). The summed E-state index contributed by atoms with van der Waals surface area (Å²) in [5, 5.41) is 19.7. The number of nitrogens with zero attached hydrogens (tertiary/aromatic N) is 1. The van der Waals surface area contributed by atoms with Crippen molar-refractivity contribution in [2.75, 3.05) is 0 Å². The van der Waals surface area contributed by atoms with Gasteiger partial charge in [-0.1, -0.05) is 12.1 Å². The van der Waals surface area contributed by atoms with Crippen LogP contribution in [0.3, 0.4) is 0 Å². The maximum Gasteiger partial charge on any atom is 0.416 e. The van der Waals surface area contributed by atoms with Gasteiger partial charge in [0.15, 0.2) is 0 Å². The van der Waals surface area contributed by atoms with E-state index in [1.807, 2.05) is 0 Å². The molecule has 0 bridgehead atoms. The highest BCUT2D eigenvalue weighted by Crippen LogP contribution is 2.33. The molecule has 2 aromatic rings. The third-order valence-electron chi connectivity index (χ3n) is 3.16. The molecule has 0 aliphatic heterocycles. The SMILES string of the molecule is O=C(O)Cc1cc([N+](=O)[O-])ccc1-c1ccc(C(F)(F)F)cc1. The molecule has 0 heterocycles. The number of hydrogen-bond acceptors (Lipinski definition) is 3. The lowest BCUT2D eigenvalue weighted by Crippen LogP contribution is -2.05. The number of carbonyl (C=O) groups is 1.